The van der Waals surface area contributed by atoms with Crippen molar-refractivity contribution in [3.05, 3.63) is 33.1 Å². The third kappa shape index (κ3) is 2.87. The van der Waals surface area contributed by atoms with Crippen molar-refractivity contribution < 1.29 is 9.53 Å². The van der Waals surface area contributed by atoms with Crippen molar-refractivity contribution >= 4 is 45.1 Å². The fourth-order valence-electron chi connectivity index (χ4n) is 0.786. The van der Waals surface area contributed by atoms with Crippen molar-refractivity contribution in [3.8, 4) is 5.75 Å². The summed E-state index contributed by atoms with van der Waals surface area (Å²) in [5.74, 6) is -0.309. The van der Waals surface area contributed by atoms with Crippen molar-refractivity contribution in [2.75, 3.05) is 0 Å². The first-order valence-electron chi connectivity index (χ1n) is 3.70. The van der Waals surface area contributed by atoms with Crippen LogP contribution in [0.15, 0.2) is 16.6 Å². The highest BCUT2D eigenvalue weighted by molar-refractivity contribution is 9.10. The molecule has 0 atom stereocenters. The Kier molecular flexibility index (Phi) is 4.23. The van der Waals surface area contributed by atoms with E-state index < -0.39 is 5.97 Å². The molecule has 0 aliphatic heterocycles. The van der Waals surface area contributed by atoms with Crippen molar-refractivity contribution in [1.82, 2.24) is 0 Å². The Hall–Kier alpha value is -0.250. The normalized spacial score (nSPS) is 10.0. The molecule has 2 nitrogen and oxygen atoms in total. The average molecular weight is 297 g/mol. The number of ether oxygens (including phenoxy) is 1. The van der Waals surface area contributed by atoms with Crippen LogP contribution in [0, 0.1) is 6.42 Å². The molecule has 75 valence electrons. The Labute approximate surface area is 100 Å². The Morgan fingerprint density at radius 2 is 1.93 bits per heavy atom. The van der Waals surface area contributed by atoms with Gasteiger partial charge in [0, 0.05) is 4.47 Å². The minimum absolute atomic E-state index is 0.180. The summed E-state index contributed by atoms with van der Waals surface area (Å²) in [4.78, 5) is 11.0. The largest absolute Gasteiger partial charge is 0.423 e. The quantitative estimate of drug-likeness (QED) is 0.611. The van der Waals surface area contributed by atoms with Gasteiger partial charge in [-0.25, -0.2) is 0 Å². The number of hydrogen-bond acceptors (Lipinski definition) is 2. The second-order valence-corrected chi connectivity index (χ2v) is 4.14. The van der Waals surface area contributed by atoms with Crippen LogP contribution >= 0.6 is 39.1 Å². The van der Waals surface area contributed by atoms with Gasteiger partial charge in [-0.15, -0.1) is 0 Å². The van der Waals surface area contributed by atoms with E-state index in [4.69, 9.17) is 27.9 Å². The first-order chi connectivity index (χ1) is 6.54. The minimum atomic E-state index is -0.490. The van der Waals surface area contributed by atoms with Crippen molar-refractivity contribution in [2.45, 2.75) is 6.92 Å². The van der Waals surface area contributed by atoms with Crippen LogP contribution in [0.4, 0.5) is 0 Å². The summed E-state index contributed by atoms with van der Waals surface area (Å²) in [5, 5.41) is 0.583. The predicted octanol–water partition coefficient (Wildman–Crippen LogP) is 3.89. The zero-order valence-corrected chi connectivity index (χ0v) is 10.3. The van der Waals surface area contributed by atoms with Gasteiger partial charge in [0.15, 0.2) is 5.75 Å². The van der Waals surface area contributed by atoms with Gasteiger partial charge in [-0.1, -0.05) is 46.1 Å². The zero-order valence-electron chi connectivity index (χ0n) is 7.18. The Balaban J connectivity index is 3.02. The molecule has 0 N–H and O–H groups in total. The molecular formula is C9H6BrCl2O2. The van der Waals surface area contributed by atoms with Gasteiger partial charge in [0.1, 0.15) is 0 Å². The standard InChI is InChI=1S/C9H6BrCl2O2/c1-2-8(13)14-9-6(11)3-5(10)4-7(9)12/h2-4H,1H3. The maximum Gasteiger partial charge on any atom is 0.315 e. The molecular weight excluding hydrogens is 291 g/mol. The van der Waals surface area contributed by atoms with E-state index in [1.54, 1.807) is 19.1 Å². The summed E-state index contributed by atoms with van der Waals surface area (Å²) in [6.45, 7) is 1.57. The third-order valence-electron chi connectivity index (χ3n) is 1.40. The molecule has 1 radical (unpaired) electrons. The smallest absolute Gasteiger partial charge is 0.315 e. The number of benzene rings is 1. The predicted molar refractivity (Wildman–Crippen MR) is 59.8 cm³/mol. The molecule has 0 aliphatic carbocycles. The third-order valence-corrected chi connectivity index (χ3v) is 2.42. The van der Waals surface area contributed by atoms with Crippen LogP contribution in [0.25, 0.3) is 0 Å². The molecule has 0 saturated heterocycles. The number of halogens is 3. The fourth-order valence-corrected chi connectivity index (χ4v) is 2.07. The highest BCUT2D eigenvalue weighted by Gasteiger charge is 2.12. The molecule has 0 saturated carbocycles. The monoisotopic (exact) mass is 295 g/mol. The molecule has 1 rings (SSSR count). The number of carbonyl (C=O) groups excluding carboxylic acids is 1. The van der Waals surface area contributed by atoms with Crippen LogP contribution in [0.3, 0.4) is 0 Å². The van der Waals surface area contributed by atoms with Gasteiger partial charge in [0.2, 0.25) is 0 Å². The Morgan fingerprint density at radius 1 is 1.43 bits per heavy atom. The summed E-state index contributed by atoms with van der Waals surface area (Å²) >= 11 is 14.9. The first-order valence-corrected chi connectivity index (χ1v) is 5.25. The average Bonchev–Trinajstić information content (AvgIpc) is 2.10. The molecule has 0 aliphatic rings. The van der Waals surface area contributed by atoms with Gasteiger partial charge in [0.05, 0.1) is 16.5 Å². The van der Waals surface area contributed by atoms with Gasteiger partial charge in [-0.3, -0.25) is 4.79 Å². The molecule has 5 heteroatoms. The summed E-state index contributed by atoms with van der Waals surface area (Å²) in [6, 6.07) is 3.21. The maximum absolute atomic E-state index is 11.0. The lowest BCUT2D eigenvalue weighted by Gasteiger charge is -2.07. The van der Waals surface area contributed by atoms with E-state index in [1.807, 2.05) is 0 Å². The Morgan fingerprint density at radius 3 is 2.36 bits per heavy atom. The van der Waals surface area contributed by atoms with Gasteiger partial charge >= 0.3 is 5.97 Å². The van der Waals surface area contributed by atoms with E-state index in [9.17, 15) is 4.79 Å². The van der Waals surface area contributed by atoms with Crippen LogP contribution in [-0.2, 0) is 4.79 Å². The summed E-state index contributed by atoms with van der Waals surface area (Å²) in [5.41, 5.74) is 0. The lowest BCUT2D eigenvalue weighted by Crippen LogP contribution is -2.06. The first kappa shape index (κ1) is 11.8. The van der Waals surface area contributed by atoms with Gasteiger partial charge in [-0.05, 0) is 12.1 Å². The van der Waals surface area contributed by atoms with Crippen LogP contribution in [0.5, 0.6) is 5.75 Å². The van der Waals surface area contributed by atoms with E-state index in [1.165, 1.54) is 6.42 Å². The minimum Gasteiger partial charge on any atom is -0.423 e. The van der Waals surface area contributed by atoms with E-state index in [2.05, 4.69) is 15.9 Å². The molecule has 1 aromatic rings. The number of hydrogen-bond donors (Lipinski definition) is 0. The summed E-state index contributed by atoms with van der Waals surface area (Å²) < 4.78 is 5.63. The molecule has 0 amide bonds. The SMILES string of the molecule is C[CH]C(=O)Oc1c(Cl)cc(Br)cc1Cl. The van der Waals surface area contributed by atoms with Crippen LogP contribution in [0.1, 0.15) is 6.92 Å². The van der Waals surface area contributed by atoms with Crippen LogP contribution in [-0.4, -0.2) is 5.97 Å². The molecule has 1 aromatic carbocycles. The molecule has 0 aromatic heterocycles. The van der Waals surface area contributed by atoms with Crippen LogP contribution < -0.4 is 4.74 Å². The second kappa shape index (κ2) is 5.01. The van der Waals surface area contributed by atoms with E-state index >= 15 is 0 Å². The maximum atomic E-state index is 11.0. The van der Waals surface area contributed by atoms with E-state index in [0.717, 1.165) is 4.47 Å². The molecule has 0 spiro atoms. The highest BCUT2D eigenvalue weighted by Crippen LogP contribution is 2.35. The number of esters is 1. The van der Waals surface area contributed by atoms with Gasteiger partial charge < -0.3 is 4.74 Å². The number of rotatable bonds is 2. The lowest BCUT2D eigenvalue weighted by molar-refractivity contribution is -0.130. The van der Waals surface area contributed by atoms with Crippen LogP contribution in [0.2, 0.25) is 10.0 Å². The molecule has 14 heavy (non-hydrogen) atoms. The Bertz CT molecular complexity index is 343. The number of carbonyl (C=O) groups is 1. The van der Waals surface area contributed by atoms with Crippen molar-refractivity contribution in [2.24, 2.45) is 0 Å². The molecule has 0 bridgehead atoms. The van der Waals surface area contributed by atoms with E-state index in [-0.39, 0.29) is 5.75 Å². The lowest BCUT2D eigenvalue weighted by atomic mass is 10.3. The van der Waals surface area contributed by atoms with Crippen molar-refractivity contribution in [3.63, 3.8) is 0 Å². The zero-order chi connectivity index (χ0) is 10.7. The molecule has 0 unspecified atom stereocenters. The molecule has 0 heterocycles. The topological polar surface area (TPSA) is 26.3 Å². The fraction of sp³-hybridized carbons (Fsp3) is 0.111. The summed E-state index contributed by atoms with van der Waals surface area (Å²) in [6.07, 6.45) is 1.29. The highest BCUT2D eigenvalue weighted by atomic mass is 79.9. The van der Waals surface area contributed by atoms with E-state index in [0.29, 0.717) is 10.0 Å². The molecule has 0 fully saturated rings. The second-order valence-electron chi connectivity index (χ2n) is 2.41. The van der Waals surface area contributed by atoms with Gasteiger partial charge in [0.25, 0.3) is 0 Å². The summed E-state index contributed by atoms with van der Waals surface area (Å²) in [7, 11) is 0. The van der Waals surface area contributed by atoms with Crippen molar-refractivity contribution in [1.29, 1.82) is 0 Å². The van der Waals surface area contributed by atoms with Gasteiger partial charge in [-0.2, -0.15) is 0 Å².